The SMILES string of the molecule is COC1(C(Cc2cnccc2N)NN)CCC1. The number of ether oxygens (including phenoxy) is 1. The van der Waals surface area contributed by atoms with Crippen molar-refractivity contribution in [3.05, 3.63) is 24.0 Å². The zero-order valence-electron chi connectivity index (χ0n) is 10.1. The molecule has 0 amide bonds. The fourth-order valence-corrected chi connectivity index (χ4v) is 2.45. The Morgan fingerprint density at radius 3 is 2.82 bits per heavy atom. The number of anilines is 1. The second-order valence-corrected chi connectivity index (χ2v) is 4.62. The highest BCUT2D eigenvalue weighted by Crippen LogP contribution is 2.39. The summed E-state index contributed by atoms with van der Waals surface area (Å²) < 4.78 is 5.64. The fraction of sp³-hybridized carbons (Fsp3) is 0.583. The van der Waals surface area contributed by atoms with Gasteiger partial charge in [-0.25, -0.2) is 0 Å². The lowest BCUT2D eigenvalue weighted by Crippen LogP contribution is -2.59. The van der Waals surface area contributed by atoms with Gasteiger partial charge in [0.25, 0.3) is 0 Å². The number of aromatic nitrogens is 1. The van der Waals surface area contributed by atoms with Crippen molar-refractivity contribution in [2.45, 2.75) is 37.3 Å². The Balaban J connectivity index is 2.13. The molecule has 0 bridgehead atoms. The highest BCUT2D eigenvalue weighted by Gasteiger charge is 2.44. The van der Waals surface area contributed by atoms with Gasteiger partial charge in [0.1, 0.15) is 0 Å². The van der Waals surface area contributed by atoms with E-state index in [-0.39, 0.29) is 11.6 Å². The number of hydrogen-bond donors (Lipinski definition) is 3. The van der Waals surface area contributed by atoms with Crippen LogP contribution in [0.25, 0.3) is 0 Å². The molecule has 1 heterocycles. The van der Waals surface area contributed by atoms with E-state index in [1.54, 1.807) is 19.5 Å². The maximum atomic E-state index is 5.92. The predicted molar refractivity (Wildman–Crippen MR) is 67.1 cm³/mol. The molecule has 1 aliphatic carbocycles. The Morgan fingerprint density at radius 1 is 1.59 bits per heavy atom. The zero-order chi connectivity index (χ0) is 12.3. The molecule has 0 aromatic carbocycles. The summed E-state index contributed by atoms with van der Waals surface area (Å²) in [5.74, 6) is 5.65. The van der Waals surface area contributed by atoms with E-state index in [0.717, 1.165) is 30.5 Å². The Labute approximate surface area is 102 Å². The van der Waals surface area contributed by atoms with Crippen LogP contribution in [-0.2, 0) is 11.2 Å². The van der Waals surface area contributed by atoms with Crippen LogP contribution in [0.4, 0.5) is 5.69 Å². The van der Waals surface area contributed by atoms with E-state index < -0.39 is 0 Å². The Hall–Kier alpha value is -1.17. The Kier molecular flexibility index (Phi) is 3.61. The molecule has 1 fully saturated rings. The third-order valence-electron chi connectivity index (χ3n) is 3.81. The molecule has 0 aliphatic heterocycles. The van der Waals surface area contributed by atoms with Gasteiger partial charge in [0.05, 0.1) is 11.6 Å². The maximum absolute atomic E-state index is 5.92. The van der Waals surface area contributed by atoms with Crippen molar-refractivity contribution in [1.29, 1.82) is 0 Å². The molecule has 0 radical (unpaired) electrons. The van der Waals surface area contributed by atoms with Gasteiger partial charge in [-0.1, -0.05) is 0 Å². The molecule has 0 spiro atoms. The first-order chi connectivity index (χ1) is 8.22. The van der Waals surface area contributed by atoms with Crippen LogP contribution >= 0.6 is 0 Å². The Morgan fingerprint density at radius 2 is 2.35 bits per heavy atom. The van der Waals surface area contributed by atoms with E-state index >= 15 is 0 Å². The van der Waals surface area contributed by atoms with Gasteiger partial charge in [-0.05, 0) is 37.3 Å². The van der Waals surface area contributed by atoms with Gasteiger partial charge in [-0.15, -0.1) is 0 Å². The van der Waals surface area contributed by atoms with Crippen LogP contribution < -0.4 is 17.0 Å². The molecule has 1 atom stereocenters. The fourth-order valence-electron chi connectivity index (χ4n) is 2.45. The normalized spacial score (nSPS) is 19.6. The quantitative estimate of drug-likeness (QED) is 0.515. The second-order valence-electron chi connectivity index (χ2n) is 4.62. The Bertz CT molecular complexity index is 373. The number of nitrogens with two attached hydrogens (primary N) is 2. The van der Waals surface area contributed by atoms with Crippen LogP contribution in [0.2, 0.25) is 0 Å². The molecule has 5 heteroatoms. The van der Waals surface area contributed by atoms with Gasteiger partial charge >= 0.3 is 0 Å². The van der Waals surface area contributed by atoms with Crippen molar-refractivity contribution < 1.29 is 4.74 Å². The number of nitrogen functional groups attached to an aromatic ring is 1. The summed E-state index contributed by atoms with van der Waals surface area (Å²) >= 11 is 0. The van der Waals surface area contributed by atoms with E-state index in [1.807, 2.05) is 6.07 Å². The molecule has 1 aromatic rings. The third-order valence-corrected chi connectivity index (χ3v) is 3.81. The lowest BCUT2D eigenvalue weighted by atomic mass is 9.73. The highest BCUT2D eigenvalue weighted by atomic mass is 16.5. The van der Waals surface area contributed by atoms with Gasteiger partial charge in [0.2, 0.25) is 0 Å². The van der Waals surface area contributed by atoms with E-state index in [4.69, 9.17) is 16.3 Å². The first kappa shape index (κ1) is 12.3. The highest BCUT2D eigenvalue weighted by molar-refractivity contribution is 5.44. The van der Waals surface area contributed by atoms with Gasteiger partial charge in [-0.3, -0.25) is 16.3 Å². The van der Waals surface area contributed by atoms with Crippen LogP contribution in [0.1, 0.15) is 24.8 Å². The third kappa shape index (κ3) is 2.26. The summed E-state index contributed by atoms with van der Waals surface area (Å²) in [6.07, 6.45) is 7.50. The summed E-state index contributed by atoms with van der Waals surface area (Å²) in [5.41, 5.74) is 10.4. The molecular formula is C12H20N4O. The summed E-state index contributed by atoms with van der Waals surface area (Å²) in [4.78, 5) is 4.10. The molecule has 0 saturated heterocycles. The van der Waals surface area contributed by atoms with Gasteiger partial charge in [0, 0.05) is 25.2 Å². The minimum absolute atomic E-state index is 0.0766. The maximum Gasteiger partial charge on any atom is 0.0847 e. The van der Waals surface area contributed by atoms with Gasteiger partial charge in [0.15, 0.2) is 0 Å². The number of hydrogen-bond acceptors (Lipinski definition) is 5. The van der Waals surface area contributed by atoms with Gasteiger partial charge < -0.3 is 10.5 Å². The molecule has 5 nitrogen and oxygen atoms in total. The van der Waals surface area contributed by atoms with Crippen molar-refractivity contribution in [3.8, 4) is 0 Å². The molecule has 94 valence electrons. The standard InChI is InChI=1S/C12H20N4O/c1-17-12(4-2-5-12)11(16-14)7-9-8-15-6-3-10(9)13/h3,6,8,11,16H,2,4-5,7,14H2,1H3,(H2,13,15). The van der Waals surface area contributed by atoms with Crippen LogP contribution in [0.3, 0.4) is 0 Å². The van der Waals surface area contributed by atoms with E-state index in [2.05, 4.69) is 10.4 Å². The van der Waals surface area contributed by atoms with Crippen molar-refractivity contribution >= 4 is 5.69 Å². The zero-order valence-corrected chi connectivity index (χ0v) is 10.1. The summed E-state index contributed by atoms with van der Waals surface area (Å²) in [5, 5.41) is 0. The number of nitrogens with zero attached hydrogens (tertiary/aromatic N) is 1. The molecule has 1 aliphatic rings. The first-order valence-corrected chi connectivity index (χ1v) is 5.91. The van der Waals surface area contributed by atoms with E-state index in [9.17, 15) is 0 Å². The summed E-state index contributed by atoms with van der Waals surface area (Å²) in [6, 6.07) is 1.89. The molecule has 17 heavy (non-hydrogen) atoms. The molecule has 1 unspecified atom stereocenters. The van der Waals surface area contributed by atoms with Crippen molar-refractivity contribution in [1.82, 2.24) is 10.4 Å². The number of rotatable bonds is 5. The minimum Gasteiger partial charge on any atom is -0.398 e. The van der Waals surface area contributed by atoms with Crippen LogP contribution in [0, 0.1) is 0 Å². The first-order valence-electron chi connectivity index (χ1n) is 5.91. The van der Waals surface area contributed by atoms with Crippen LogP contribution in [0.5, 0.6) is 0 Å². The molecule has 2 rings (SSSR count). The number of pyridine rings is 1. The topological polar surface area (TPSA) is 86.2 Å². The molecule has 1 saturated carbocycles. The van der Waals surface area contributed by atoms with Crippen LogP contribution in [0.15, 0.2) is 18.5 Å². The summed E-state index contributed by atoms with van der Waals surface area (Å²) in [6.45, 7) is 0. The van der Waals surface area contributed by atoms with Crippen LogP contribution in [-0.4, -0.2) is 23.7 Å². The second kappa shape index (κ2) is 5.00. The van der Waals surface area contributed by atoms with E-state index in [1.165, 1.54) is 6.42 Å². The number of nitrogens with one attached hydrogen (secondary N) is 1. The van der Waals surface area contributed by atoms with Gasteiger partial charge in [-0.2, -0.15) is 0 Å². The monoisotopic (exact) mass is 236 g/mol. The predicted octanol–water partition coefficient (Wildman–Crippen LogP) is 0.607. The lowest BCUT2D eigenvalue weighted by Gasteiger charge is -2.46. The smallest absolute Gasteiger partial charge is 0.0847 e. The molecular weight excluding hydrogens is 216 g/mol. The largest absolute Gasteiger partial charge is 0.398 e. The van der Waals surface area contributed by atoms with Crippen molar-refractivity contribution in [2.75, 3.05) is 12.8 Å². The number of methoxy groups -OCH3 is 1. The minimum atomic E-state index is -0.142. The summed E-state index contributed by atoms with van der Waals surface area (Å²) in [7, 11) is 1.75. The van der Waals surface area contributed by atoms with E-state index in [0.29, 0.717) is 0 Å². The molecule has 1 aromatic heterocycles. The average Bonchev–Trinajstić information content (AvgIpc) is 2.29. The lowest BCUT2D eigenvalue weighted by molar-refractivity contribution is -0.0981. The number of hydrazine groups is 1. The van der Waals surface area contributed by atoms with Crippen molar-refractivity contribution in [3.63, 3.8) is 0 Å². The average molecular weight is 236 g/mol. The van der Waals surface area contributed by atoms with Crippen molar-refractivity contribution in [2.24, 2.45) is 5.84 Å². The molecule has 5 N–H and O–H groups in total.